The first-order valence-electron chi connectivity index (χ1n) is 51.2. The minimum Gasteiger partial charge on any atom is -0.311 e. The Bertz CT molecular complexity index is 8230. The molecule has 0 spiro atoms. The Morgan fingerprint density at radius 1 is 0.298 bits per heavy atom. The van der Waals surface area contributed by atoms with E-state index >= 15 is 0 Å². The van der Waals surface area contributed by atoms with E-state index < -0.39 is 5.41 Å². The summed E-state index contributed by atoms with van der Waals surface area (Å²) in [7, 11) is 0. The third-order valence-electron chi connectivity index (χ3n) is 33.8. The van der Waals surface area contributed by atoms with Gasteiger partial charge in [0.2, 0.25) is 0 Å². The Kier molecular flexibility index (Phi) is 19.2. The second kappa shape index (κ2) is 30.9. The summed E-state index contributed by atoms with van der Waals surface area (Å²) in [5.74, 6) is 0. The summed E-state index contributed by atoms with van der Waals surface area (Å²) >= 11 is 3.91. The lowest BCUT2D eigenvalue weighted by Gasteiger charge is -2.49. The van der Waals surface area contributed by atoms with Gasteiger partial charge in [0, 0.05) is 99.6 Å². The zero-order valence-electron chi connectivity index (χ0n) is 84.5. The number of fused-ring (bicyclic) bond motifs is 24. The van der Waals surface area contributed by atoms with E-state index in [9.17, 15) is 0 Å². The molecule has 0 N–H and O–H groups in total. The van der Waals surface area contributed by atoms with E-state index in [0.29, 0.717) is 0 Å². The summed E-state index contributed by atoms with van der Waals surface area (Å²) in [6, 6.07) is 135. The molecule has 0 amide bonds. The summed E-state index contributed by atoms with van der Waals surface area (Å²) in [6.45, 7) is 43.1. The smallest absolute Gasteiger partial charge is 0.254 e. The molecule has 2 aromatic heterocycles. The van der Waals surface area contributed by atoms with E-state index in [0.717, 1.165) is 77.6 Å². The molecule has 8 bridgehead atoms. The maximum atomic E-state index is 2.81. The third kappa shape index (κ3) is 13.4. The van der Waals surface area contributed by atoms with Crippen molar-refractivity contribution >= 4 is 190 Å². The molecule has 141 heavy (non-hydrogen) atoms. The largest absolute Gasteiger partial charge is 0.311 e. The Morgan fingerprint density at radius 3 is 1.20 bits per heavy atom. The number of thiophene rings is 2. The zero-order valence-corrected chi connectivity index (χ0v) is 86.2. The topological polar surface area (TPSA) is 19.4 Å². The van der Waals surface area contributed by atoms with Crippen molar-refractivity contribution in [1.82, 2.24) is 0 Å². The van der Waals surface area contributed by atoms with E-state index in [1.165, 1.54) is 197 Å². The molecule has 2 aliphatic carbocycles. The first-order valence-corrected chi connectivity index (χ1v) is 52.8. The lowest BCUT2D eigenvalue weighted by atomic mass is 9.33. The van der Waals surface area contributed by atoms with Gasteiger partial charge >= 0.3 is 0 Å². The number of para-hydroxylation sites is 3. The van der Waals surface area contributed by atoms with Gasteiger partial charge in [0.15, 0.2) is 0 Å². The van der Waals surface area contributed by atoms with Gasteiger partial charge in [0.05, 0.1) is 32.8 Å². The van der Waals surface area contributed by atoms with Gasteiger partial charge in [-0.05, 0) is 333 Å². The molecule has 6 aliphatic heterocycles. The molecule has 692 valence electrons. The molecule has 0 saturated heterocycles. The van der Waals surface area contributed by atoms with Crippen LogP contribution in [0.1, 0.15) is 210 Å². The number of aryl methyl sites for hydroxylation is 1. The molecular formula is C131H120B2N6S2. The van der Waals surface area contributed by atoms with Crippen LogP contribution in [0.2, 0.25) is 0 Å². The molecule has 26 rings (SSSR count). The van der Waals surface area contributed by atoms with Gasteiger partial charge in [0.25, 0.3) is 13.4 Å². The van der Waals surface area contributed by atoms with Crippen molar-refractivity contribution in [1.29, 1.82) is 0 Å². The van der Waals surface area contributed by atoms with Gasteiger partial charge in [0.1, 0.15) is 0 Å². The minimum absolute atomic E-state index is 0.0549. The Hall–Kier alpha value is -13.6. The van der Waals surface area contributed by atoms with Crippen LogP contribution in [-0.4, -0.2) is 13.4 Å². The Balaban J connectivity index is 0.713. The molecule has 18 aromatic rings. The van der Waals surface area contributed by atoms with Crippen LogP contribution in [0.3, 0.4) is 0 Å². The van der Waals surface area contributed by atoms with Gasteiger partial charge in [-0.3, -0.25) is 0 Å². The highest BCUT2D eigenvalue weighted by Crippen LogP contribution is 2.62. The highest BCUT2D eigenvalue weighted by Gasteiger charge is 2.54. The van der Waals surface area contributed by atoms with Gasteiger partial charge in [-0.25, -0.2) is 0 Å². The van der Waals surface area contributed by atoms with Crippen molar-refractivity contribution in [3.05, 3.63) is 406 Å². The lowest BCUT2D eigenvalue weighted by molar-refractivity contribution is 0.325. The molecule has 3 atom stereocenters. The molecule has 8 aliphatic rings. The quantitative estimate of drug-likeness (QED) is 0.126. The molecule has 8 heterocycles. The Morgan fingerprint density at radius 2 is 0.709 bits per heavy atom. The first-order chi connectivity index (χ1) is 67.6. The zero-order chi connectivity index (χ0) is 96.6. The maximum absolute atomic E-state index is 2.81. The number of rotatable bonds is 10. The van der Waals surface area contributed by atoms with Crippen LogP contribution >= 0.6 is 22.7 Å². The van der Waals surface area contributed by atoms with Crippen molar-refractivity contribution in [2.24, 2.45) is 0 Å². The predicted octanol–water partition coefficient (Wildman–Crippen LogP) is 32.7. The van der Waals surface area contributed by atoms with Crippen LogP contribution in [0, 0.1) is 6.92 Å². The van der Waals surface area contributed by atoms with Crippen LogP contribution in [0.5, 0.6) is 0 Å². The fourth-order valence-corrected chi connectivity index (χ4v) is 28.4. The van der Waals surface area contributed by atoms with E-state index in [1.807, 2.05) is 22.7 Å². The first kappa shape index (κ1) is 87.6. The van der Waals surface area contributed by atoms with Crippen LogP contribution in [0.15, 0.2) is 340 Å². The number of anilines is 18. The summed E-state index contributed by atoms with van der Waals surface area (Å²) in [5.41, 5.74) is 46.4. The maximum Gasteiger partial charge on any atom is 0.254 e. The fraction of sp³-hybridized carbons (Fsp3) is 0.237. The lowest BCUT2D eigenvalue weighted by Crippen LogP contribution is -2.61. The second-order valence-electron chi connectivity index (χ2n) is 47.4. The number of benzene rings is 16. The second-order valence-corrected chi connectivity index (χ2v) is 49.5. The van der Waals surface area contributed by atoms with Gasteiger partial charge in [-0.2, -0.15) is 0 Å². The van der Waals surface area contributed by atoms with Gasteiger partial charge in [-0.1, -0.05) is 317 Å². The summed E-state index contributed by atoms with van der Waals surface area (Å²) in [5, 5.41) is 5.18. The average molecular weight is 1860 g/mol. The minimum atomic E-state index is -0.396. The van der Waals surface area contributed by atoms with Crippen molar-refractivity contribution in [2.75, 3.05) is 29.4 Å². The fourth-order valence-electron chi connectivity index (χ4n) is 25.9. The molecule has 6 nitrogen and oxygen atoms in total. The van der Waals surface area contributed by atoms with E-state index in [-0.39, 0.29) is 51.3 Å². The van der Waals surface area contributed by atoms with Gasteiger partial charge < -0.3 is 29.4 Å². The molecule has 0 radical (unpaired) electrons. The third-order valence-corrected chi connectivity index (χ3v) is 36.2. The van der Waals surface area contributed by atoms with Crippen molar-refractivity contribution < 1.29 is 0 Å². The van der Waals surface area contributed by atoms with Crippen molar-refractivity contribution in [3.8, 4) is 22.3 Å². The molecule has 0 saturated carbocycles. The van der Waals surface area contributed by atoms with Crippen LogP contribution in [0.4, 0.5) is 101 Å². The molecule has 3 unspecified atom stereocenters. The SMILES string of the molecule is Cc1ccc2sc3c(c2c1)B1c2cc4c5cc2N(c2ccc(C(C)(C)C)cc2-c2cccc(c2)C5(C)CCC4(C)Cc2cccc(N(c4ccccc4)c4cc5c6c(c4)N(c4ccc(C(C)(C)C)cc4)c4sc7ccccc7c4B6c4cc6c7cc4N5c4ccc(C(C)(C)C)cc4-c4cccc(c4)C7(C)CCC6(C)C)c2)c2cc(N(c4ccccc4)c4ccccc4)cc(c21)N3c1ccc(C(C)(C)C)cc1. The molecule has 0 fully saturated rings. The summed E-state index contributed by atoms with van der Waals surface area (Å²) in [6.07, 6.45) is 4.82. The van der Waals surface area contributed by atoms with Crippen molar-refractivity contribution in [3.63, 3.8) is 0 Å². The number of hydrogen-bond donors (Lipinski definition) is 0. The van der Waals surface area contributed by atoms with Crippen LogP contribution < -0.4 is 62.2 Å². The number of hydrogen-bond acceptors (Lipinski definition) is 8. The Labute approximate surface area is 841 Å². The monoisotopic (exact) mass is 1860 g/mol. The van der Waals surface area contributed by atoms with E-state index in [4.69, 9.17) is 0 Å². The summed E-state index contributed by atoms with van der Waals surface area (Å²) in [4.78, 5) is 16.0. The molecule has 16 aromatic carbocycles. The predicted molar refractivity (Wildman–Crippen MR) is 607 cm³/mol. The summed E-state index contributed by atoms with van der Waals surface area (Å²) < 4.78 is 2.59. The van der Waals surface area contributed by atoms with Crippen LogP contribution in [0.25, 0.3) is 42.4 Å². The number of nitrogens with zero attached hydrogens (tertiary/aromatic N) is 6. The standard InChI is InChI=1S/C131H120B2N6S2/c1-80-47-60-117-101(65-80)119-123(141-117)137(94-56-50-85(51-57-94)125(5,6)7)112-71-96(134(90-38-22-19-23-39-90)91-40-24-20-25-41-91)73-114-121(112)133(119)107-76-103-105-78-111(107)139(114)109-59-53-87(127(11,12)13)70-100(109)83-35-32-37-89(68-83)131(105,18)64-62-129(103,16)79-81-33-30-44-95(66-81)135(92-42-26-21-27-43-92)97-72-113-120-115(74-97)138-108-58-52-86(126(8,9)10)69-99(108)82-34-31-36-88(67-82)130(17)63-61-128(14,15)102-75-106(110(138)77-104(102)130)132(120)118-98-45-28-29-46-116(98)140-122(118)136(113)93-54-48-84(49-55-93)124(2,3)4/h19-60,65-78H,61-64,79H2,1-18H3. The van der Waals surface area contributed by atoms with Crippen LogP contribution in [-0.2, 0) is 49.7 Å². The van der Waals surface area contributed by atoms with Crippen molar-refractivity contribution in [2.45, 2.75) is 200 Å². The normalized spacial score (nSPS) is 18.0. The van der Waals surface area contributed by atoms with E-state index in [2.05, 4.69) is 494 Å². The van der Waals surface area contributed by atoms with Gasteiger partial charge in [-0.15, -0.1) is 22.7 Å². The highest BCUT2D eigenvalue weighted by atomic mass is 32.1. The average Bonchev–Trinajstić information content (AvgIpc) is 1.35. The highest BCUT2D eigenvalue weighted by molar-refractivity contribution is 7.27. The van der Waals surface area contributed by atoms with E-state index in [1.54, 1.807) is 0 Å². The molecular weight excluding hydrogens is 1740 g/mol. The molecule has 10 heteroatoms.